The second kappa shape index (κ2) is 3.91. The Morgan fingerprint density at radius 1 is 1.64 bits per heavy atom. The smallest absolute Gasteiger partial charge is 0.0614 e. The summed E-state index contributed by atoms with van der Waals surface area (Å²) in [5.41, 5.74) is 1.24. The highest BCUT2D eigenvalue weighted by molar-refractivity contribution is 4.91. The van der Waals surface area contributed by atoms with Crippen LogP contribution >= 0.6 is 0 Å². The van der Waals surface area contributed by atoms with Crippen molar-refractivity contribution in [2.75, 3.05) is 6.61 Å². The molecule has 11 heavy (non-hydrogen) atoms. The summed E-state index contributed by atoms with van der Waals surface area (Å²) in [6.45, 7) is 9.21. The quantitative estimate of drug-likeness (QED) is 0.556. The first-order valence-electron chi connectivity index (χ1n) is 4.44. The van der Waals surface area contributed by atoms with Gasteiger partial charge in [0.2, 0.25) is 0 Å². The Bertz CT molecular complexity index is 140. The van der Waals surface area contributed by atoms with Crippen molar-refractivity contribution in [3.8, 4) is 0 Å². The molecule has 1 heterocycles. The van der Waals surface area contributed by atoms with Gasteiger partial charge >= 0.3 is 0 Å². The summed E-state index contributed by atoms with van der Waals surface area (Å²) >= 11 is 0. The van der Waals surface area contributed by atoms with Crippen LogP contribution in [-0.2, 0) is 4.74 Å². The van der Waals surface area contributed by atoms with Crippen LogP contribution in [0.2, 0.25) is 0 Å². The van der Waals surface area contributed by atoms with Crippen molar-refractivity contribution in [1.29, 1.82) is 0 Å². The van der Waals surface area contributed by atoms with Crippen LogP contribution in [0.5, 0.6) is 0 Å². The lowest BCUT2D eigenvalue weighted by atomic mass is 9.94. The highest BCUT2D eigenvalue weighted by Crippen LogP contribution is 2.23. The Kier molecular flexibility index (Phi) is 3.13. The van der Waals surface area contributed by atoms with Crippen LogP contribution in [0.15, 0.2) is 12.2 Å². The number of rotatable bonds is 2. The molecule has 1 heteroatoms. The van der Waals surface area contributed by atoms with Crippen LogP contribution in [-0.4, -0.2) is 12.7 Å². The maximum Gasteiger partial charge on any atom is 0.0614 e. The molecule has 0 spiro atoms. The summed E-state index contributed by atoms with van der Waals surface area (Å²) < 4.78 is 5.60. The first kappa shape index (κ1) is 8.79. The van der Waals surface area contributed by atoms with E-state index in [1.54, 1.807) is 0 Å². The van der Waals surface area contributed by atoms with Crippen molar-refractivity contribution < 1.29 is 4.74 Å². The zero-order chi connectivity index (χ0) is 8.27. The van der Waals surface area contributed by atoms with E-state index in [1.165, 1.54) is 18.4 Å². The van der Waals surface area contributed by atoms with Crippen LogP contribution in [0.3, 0.4) is 0 Å². The van der Waals surface area contributed by atoms with Gasteiger partial charge in [0.25, 0.3) is 0 Å². The maximum absolute atomic E-state index is 5.60. The van der Waals surface area contributed by atoms with E-state index in [-0.39, 0.29) is 0 Å². The van der Waals surface area contributed by atoms with Crippen LogP contribution in [0.4, 0.5) is 0 Å². The molecule has 1 nitrogen and oxygen atoms in total. The van der Waals surface area contributed by atoms with Crippen molar-refractivity contribution in [2.45, 2.75) is 39.2 Å². The van der Waals surface area contributed by atoms with E-state index >= 15 is 0 Å². The summed E-state index contributed by atoms with van der Waals surface area (Å²) in [5.74, 6) is 0.841. The predicted octanol–water partition coefficient (Wildman–Crippen LogP) is 2.77. The van der Waals surface area contributed by atoms with Gasteiger partial charge in [0.05, 0.1) is 6.10 Å². The molecule has 1 fully saturated rings. The van der Waals surface area contributed by atoms with Crippen LogP contribution in [0.1, 0.15) is 33.1 Å². The standard InChI is InChI=1S/C10H18O/c1-8(2)6-10-7-9(3)4-5-11-10/h9-10H,1,4-7H2,2-3H3/t9-,10-/m0/s1. The molecule has 0 aromatic rings. The first-order chi connectivity index (χ1) is 5.18. The summed E-state index contributed by atoms with van der Waals surface area (Å²) in [6.07, 6.45) is 3.94. The summed E-state index contributed by atoms with van der Waals surface area (Å²) in [4.78, 5) is 0. The Hall–Kier alpha value is -0.300. The van der Waals surface area contributed by atoms with Gasteiger partial charge in [0.1, 0.15) is 0 Å². The van der Waals surface area contributed by atoms with E-state index in [0.29, 0.717) is 6.10 Å². The summed E-state index contributed by atoms with van der Waals surface area (Å²) in [6, 6.07) is 0. The van der Waals surface area contributed by atoms with Gasteiger partial charge in [-0.25, -0.2) is 0 Å². The van der Waals surface area contributed by atoms with Crippen LogP contribution < -0.4 is 0 Å². The van der Waals surface area contributed by atoms with Crippen LogP contribution in [0, 0.1) is 5.92 Å². The van der Waals surface area contributed by atoms with Crippen molar-refractivity contribution in [2.24, 2.45) is 5.92 Å². The topological polar surface area (TPSA) is 9.23 Å². The van der Waals surface area contributed by atoms with Gasteiger partial charge in [0, 0.05) is 6.61 Å². The van der Waals surface area contributed by atoms with Gasteiger partial charge in [0.15, 0.2) is 0 Å². The fourth-order valence-electron chi connectivity index (χ4n) is 1.60. The highest BCUT2D eigenvalue weighted by atomic mass is 16.5. The predicted molar refractivity (Wildman–Crippen MR) is 47.6 cm³/mol. The molecule has 64 valence electrons. The van der Waals surface area contributed by atoms with Crippen molar-refractivity contribution >= 4 is 0 Å². The molecule has 0 aliphatic carbocycles. The number of ether oxygens (including phenoxy) is 1. The molecule has 0 saturated carbocycles. The molecule has 0 bridgehead atoms. The zero-order valence-corrected chi connectivity index (χ0v) is 7.60. The molecular weight excluding hydrogens is 136 g/mol. The minimum absolute atomic E-state index is 0.455. The van der Waals surface area contributed by atoms with Crippen molar-refractivity contribution in [1.82, 2.24) is 0 Å². The van der Waals surface area contributed by atoms with E-state index in [9.17, 15) is 0 Å². The average Bonchev–Trinajstić information content (AvgIpc) is 1.85. The lowest BCUT2D eigenvalue weighted by Crippen LogP contribution is -2.24. The second-order valence-electron chi connectivity index (χ2n) is 3.78. The van der Waals surface area contributed by atoms with Gasteiger partial charge in [-0.3, -0.25) is 0 Å². The molecule has 0 amide bonds. The summed E-state index contributed by atoms with van der Waals surface area (Å²) in [7, 11) is 0. The fraction of sp³-hybridized carbons (Fsp3) is 0.800. The molecule has 0 aromatic heterocycles. The van der Waals surface area contributed by atoms with E-state index in [1.807, 2.05) is 0 Å². The third kappa shape index (κ3) is 3.06. The largest absolute Gasteiger partial charge is 0.378 e. The molecule has 0 radical (unpaired) electrons. The highest BCUT2D eigenvalue weighted by Gasteiger charge is 2.18. The zero-order valence-electron chi connectivity index (χ0n) is 7.60. The third-order valence-electron chi connectivity index (χ3n) is 2.21. The number of hydrogen-bond donors (Lipinski definition) is 0. The van der Waals surface area contributed by atoms with Crippen molar-refractivity contribution in [3.05, 3.63) is 12.2 Å². The SMILES string of the molecule is C=C(C)C[C@H]1C[C@@H](C)CCO1. The second-order valence-corrected chi connectivity index (χ2v) is 3.78. The van der Waals surface area contributed by atoms with E-state index in [2.05, 4.69) is 20.4 Å². The van der Waals surface area contributed by atoms with Crippen LogP contribution in [0.25, 0.3) is 0 Å². The molecular formula is C10H18O. The Morgan fingerprint density at radius 3 is 2.91 bits per heavy atom. The first-order valence-corrected chi connectivity index (χ1v) is 4.44. The fourth-order valence-corrected chi connectivity index (χ4v) is 1.60. The minimum atomic E-state index is 0.455. The third-order valence-corrected chi connectivity index (χ3v) is 2.21. The van der Waals surface area contributed by atoms with Gasteiger partial charge < -0.3 is 4.74 Å². The molecule has 0 unspecified atom stereocenters. The number of hydrogen-bond acceptors (Lipinski definition) is 1. The average molecular weight is 154 g/mol. The molecule has 2 atom stereocenters. The molecule has 0 N–H and O–H groups in total. The Labute approximate surface area is 69.4 Å². The van der Waals surface area contributed by atoms with Gasteiger partial charge in [-0.2, -0.15) is 0 Å². The molecule has 0 aromatic carbocycles. The van der Waals surface area contributed by atoms with Gasteiger partial charge in [-0.15, -0.1) is 6.58 Å². The van der Waals surface area contributed by atoms with Gasteiger partial charge in [-0.1, -0.05) is 12.5 Å². The minimum Gasteiger partial charge on any atom is -0.378 e. The van der Waals surface area contributed by atoms with E-state index in [0.717, 1.165) is 18.9 Å². The Morgan fingerprint density at radius 2 is 2.36 bits per heavy atom. The van der Waals surface area contributed by atoms with Gasteiger partial charge in [-0.05, 0) is 32.1 Å². The summed E-state index contributed by atoms with van der Waals surface area (Å²) in [5, 5.41) is 0. The Balaban J connectivity index is 2.28. The van der Waals surface area contributed by atoms with Crippen molar-refractivity contribution in [3.63, 3.8) is 0 Å². The lowest BCUT2D eigenvalue weighted by molar-refractivity contribution is -0.00398. The molecule has 1 saturated heterocycles. The monoisotopic (exact) mass is 154 g/mol. The lowest BCUT2D eigenvalue weighted by Gasteiger charge is -2.27. The van der Waals surface area contributed by atoms with E-state index in [4.69, 9.17) is 4.74 Å². The molecule has 1 rings (SSSR count). The molecule has 1 aliphatic rings. The van der Waals surface area contributed by atoms with E-state index < -0.39 is 0 Å². The molecule has 1 aliphatic heterocycles. The normalized spacial score (nSPS) is 31.8. The maximum atomic E-state index is 5.60.